The van der Waals surface area contributed by atoms with Crippen molar-refractivity contribution in [3.8, 4) is 0 Å². The third-order valence-corrected chi connectivity index (χ3v) is 1.88. The van der Waals surface area contributed by atoms with Gasteiger partial charge in [0.1, 0.15) is 6.61 Å². The molecule has 0 spiro atoms. The number of carbonyl (C=O) groups excluding carboxylic acids is 2. The maximum absolute atomic E-state index is 11.6. The van der Waals surface area contributed by atoms with E-state index in [0.717, 1.165) is 0 Å². The van der Waals surface area contributed by atoms with Crippen LogP contribution in [0.4, 0.5) is 0 Å². The molecule has 0 saturated carbocycles. The van der Waals surface area contributed by atoms with E-state index in [1.807, 2.05) is 34.6 Å². The first-order valence-corrected chi connectivity index (χ1v) is 5.79. The minimum absolute atomic E-state index is 0.00500. The van der Waals surface area contributed by atoms with Gasteiger partial charge in [0.15, 0.2) is 0 Å². The fraction of sp³-hybridized carbons (Fsp3) is 0.833. The zero-order chi connectivity index (χ0) is 13.6. The van der Waals surface area contributed by atoms with Gasteiger partial charge < -0.3 is 15.0 Å². The Morgan fingerprint density at radius 2 is 1.82 bits per heavy atom. The van der Waals surface area contributed by atoms with Gasteiger partial charge in [-0.3, -0.25) is 9.59 Å². The summed E-state index contributed by atoms with van der Waals surface area (Å²) in [6.45, 7) is 9.45. The monoisotopic (exact) mass is 244 g/mol. The van der Waals surface area contributed by atoms with Crippen LogP contribution in [0, 0.1) is 0 Å². The smallest absolute Gasteiger partial charge is 0.248 e. The highest BCUT2D eigenvalue weighted by Crippen LogP contribution is 2.06. The fourth-order valence-corrected chi connectivity index (χ4v) is 1.06. The first-order chi connectivity index (χ1) is 7.61. The number of nitrogens with one attached hydrogen (secondary N) is 1. The highest BCUT2D eigenvalue weighted by molar-refractivity contribution is 5.85. The van der Waals surface area contributed by atoms with Crippen molar-refractivity contribution in [3.05, 3.63) is 0 Å². The van der Waals surface area contributed by atoms with E-state index in [0.29, 0.717) is 0 Å². The highest BCUT2D eigenvalue weighted by atomic mass is 16.5. The summed E-state index contributed by atoms with van der Waals surface area (Å²) < 4.78 is 5.35. The summed E-state index contributed by atoms with van der Waals surface area (Å²) in [5.74, 6) is -0.356. The van der Waals surface area contributed by atoms with Crippen molar-refractivity contribution in [1.82, 2.24) is 10.2 Å². The van der Waals surface area contributed by atoms with Crippen LogP contribution in [-0.2, 0) is 14.3 Å². The van der Waals surface area contributed by atoms with Gasteiger partial charge in [0.05, 0.1) is 12.1 Å². The van der Waals surface area contributed by atoms with Gasteiger partial charge in [-0.1, -0.05) is 0 Å². The predicted octanol–water partition coefficient (Wildman–Crippen LogP) is 0.785. The summed E-state index contributed by atoms with van der Waals surface area (Å²) >= 11 is 0. The molecule has 5 nitrogen and oxygen atoms in total. The van der Waals surface area contributed by atoms with Crippen LogP contribution in [0.1, 0.15) is 34.6 Å². The summed E-state index contributed by atoms with van der Waals surface area (Å²) in [5.41, 5.74) is -0.351. The third kappa shape index (κ3) is 8.68. The minimum atomic E-state index is -0.351. The van der Waals surface area contributed by atoms with E-state index in [-0.39, 0.29) is 36.6 Å². The van der Waals surface area contributed by atoms with Crippen LogP contribution in [0.5, 0.6) is 0 Å². The summed E-state index contributed by atoms with van der Waals surface area (Å²) in [5, 5.41) is 2.73. The number of hydrogen-bond donors (Lipinski definition) is 1. The molecule has 0 aliphatic rings. The standard InChI is InChI=1S/C12H24N2O3/c1-9(2)13-10(15)7-14(6)11(16)8-17-12(3,4)5/h9H,7-8H2,1-6H3,(H,13,15). The number of hydrogen-bond acceptors (Lipinski definition) is 3. The Bertz CT molecular complexity index is 269. The van der Waals surface area contributed by atoms with E-state index < -0.39 is 0 Å². The van der Waals surface area contributed by atoms with Crippen molar-refractivity contribution < 1.29 is 14.3 Å². The molecular weight excluding hydrogens is 220 g/mol. The molecule has 0 aromatic rings. The molecular formula is C12H24N2O3. The van der Waals surface area contributed by atoms with Crippen molar-refractivity contribution in [1.29, 1.82) is 0 Å². The molecule has 2 amide bonds. The van der Waals surface area contributed by atoms with Crippen LogP contribution in [-0.4, -0.2) is 48.6 Å². The molecule has 0 heterocycles. The third-order valence-electron chi connectivity index (χ3n) is 1.88. The van der Waals surface area contributed by atoms with Crippen LogP contribution >= 0.6 is 0 Å². The number of nitrogens with zero attached hydrogens (tertiary/aromatic N) is 1. The highest BCUT2D eigenvalue weighted by Gasteiger charge is 2.17. The van der Waals surface area contributed by atoms with Gasteiger partial charge in [0, 0.05) is 13.1 Å². The molecule has 0 unspecified atom stereocenters. The van der Waals surface area contributed by atoms with Gasteiger partial charge in [-0.2, -0.15) is 0 Å². The second-order valence-corrected chi connectivity index (χ2v) is 5.37. The minimum Gasteiger partial charge on any atom is -0.366 e. The lowest BCUT2D eigenvalue weighted by Crippen LogP contribution is -2.42. The summed E-state index contributed by atoms with van der Waals surface area (Å²) in [6.07, 6.45) is 0. The Labute approximate surface area is 103 Å². The van der Waals surface area contributed by atoms with E-state index in [9.17, 15) is 9.59 Å². The first-order valence-electron chi connectivity index (χ1n) is 5.79. The van der Waals surface area contributed by atoms with Gasteiger partial charge in [0.2, 0.25) is 11.8 Å². The van der Waals surface area contributed by atoms with Crippen LogP contribution in [0.2, 0.25) is 0 Å². The Kier molecular flexibility index (Phi) is 6.16. The first kappa shape index (κ1) is 15.9. The van der Waals surface area contributed by atoms with Crippen molar-refractivity contribution in [2.75, 3.05) is 20.2 Å². The van der Waals surface area contributed by atoms with E-state index in [1.165, 1.54) is 4.90 Å². The summed E-state index contributed by atoms with van der Waals surface area (Å²) in [6, 6.07) is 0.0804. The fourth-order valence-electron chi connectivity index (χ4n) is 1.06. The molecule has 0 rings (SSSR count). The van der Waals surface area contributed by atoms with E-state index in [1.54, 1.807) is 7.05 Å². The van der Waals surface area contributed by atoms with Gasteiger partial charge in [-0.15, -0.1) is 0 Å². The number of amides is 2. The average Bonchev–Trinajstić information content (AvgIpc) is 2.11. The second kappa shape index (κ2) is 6.59. The number of ether oxygens (including phenoxy) is 1. The maximum Gasteiger partial charge on any atom is 0.248 e. The Balaban J connectivity index is 4.02. The Morgan fingerprint density at radius 3 is 2.24 bits per heavy atom. The number of likely N-dealkylation sites (N-methyl/N-ethyl adjacent to an activating group) is 1. The van der Waals surface area contributed by atoms with Gasteiger partial charge in [-0.25, -0.2) is 0 Å². The number of carbonyl (C=O) groups is 2. The molecule has 17 heavy (non-hydrogen) atoms. The average molecular weight is 244 g/mol. The molecule has 0 atom stereocenters. The molecule has 0 saturated heterocycles. The van der Waals surface area contributed by atoms with Crippen LogP contribution in [0.3, 0.4) is 0 Å². The lowest BCUT2D eigenvalue weighted by molar-refractivity contribution is -0.142. The molecule has 0 fully saturated rings. The molecule has 5 heteroatoms. The predicted molar refractivity (Wildman–Crippen MR) is 66.6 cm³/mol. The molecule has 0 radical (unpaired) electrons. The molecule has 100 valence electrons. The largest absolute Gasteiger partial charge is 0.366 e. The second-order valence-electron chi connectivity index (χ2n) is 5.37. The zero-order valence-electron chi connectivity index (χ0n) is 11.7. The Hall–Kier alpha value is -1.10. The molecule has 0 bridgehead atoms. The molecule has 0 aliphatic carbocycles. The van der Waals surface area contributed by atoms with E-state index in [4.69, 9.17) is 4.74 Å². The maximum atomic E-state index is 11.6. The van der Waals surface area contributed by atoms with Gasteiger partial charge in [0.25, 0.3) is 0 Å². The molecule has 0 aromatic carbocycles. The Morgan fingerprint density at radius 1 is 1.29 bits per heavy atom. The SMILES string of the molecule is CC(C)NC(=O)CN(C)C(=O)COC(C)(C)C. The van der Waals surface area contributed by atoms with E-state index in [2.05, 4.69) is 5.32 Å². The normalized spacial score (nSPS) is 11.5. The lowest BCUT2D eigenvalue weighted by Gasteiger charge is -2.22. The van der Waals surface area contributed by atoms with Crippen LogP contribution < -0.4 is 5.32 Å². The van der Waals surface area contributed by atoms with Crippen molar-refractivity contribution in [3.63, 3.8) is 0 Å². The molecule has 1 N–H and O–H groups in total. The molecule has 0 aliphatic heterocycles. The van der Waals surface area contributed by atoms with Gasteiger partial charge in [-0.05, 0) is 34.6 Å². The van der Waals surface area contributed by atoms with Crippen LogP contribution in [0.25, 0.3) is 0 Å². The number of rotatable bonds is 5. The summed E-state index contributed by atoms with van der Waals surface area (Å²) in [7, 11) is 1.59. The summed E-state index contributed by atoms with van der Waals surface area (Å²) in [4.78, 5) is 24.4. The van der Waals surface area contributed by atoms with Crippen LogP contribution in [0.15, 0.2) is 0 Å². The van der Waals surface area contributed by atoms with Crippen molar-refractivity contribution in [2.45, 2.75) is 46.3 Å². The molecule has 0 aromatic heterocycles. The van der Waals surface area contributed by atoms with Crippen molar-refractivity contribution in [2.24, 2.45) is 0 Å². The quantitative estimate of drug-likeness (QED) is 0.777. The van der Waals surface area contributed by atoms with Gasteiger partial charge >= 0.3 is 0 Å². The zero-order valence-corrected chi connectivity index (χ0v) is 11.7. The topological polar surface area (TPSA) is 58.6 Å². The van der Waals surface area contributed by atoms with Crippen molar-refractivity contribution >= 4 is 11.8 Å². The lowest BCUT2D eigenvalue weighted by atomic mass is 10.2. The van der Waals surface area contributed by atoms with E-state index >= 15 is 0 Å².